The molecule has 0 saturated heterocycles. The Balaban J connectivity index is 1.56. The number of benzene rings is 3. The number of hydrogen-bond acceptors (Lipinski definition) is 5. The molecular weight excluding hydrogens is 384 g/mol. The van der Waals surface area contributed by atoms with Crippen molar-refractivity contribution in [2.24, 2.45) is 0 Å². The molecule has 0 saturated carbocycles. The number of carbonyl (C=O) groups is 4. The molecule has 1 N–H and O–H groups in total. The number of imide groups is 1. The summed E-state index contributed by atoms with van der Waals surface area (Å²) in [4.78, 5) is 49.8. The standard InChI is InChI=1S/C23H16N2O5/c26-20(11-14-5-2-1-3-6-14)24-16-7-4-8-17(13-16)25-21(27)18-10-9-15(23(29)30)12-19(18)22(25)28/h1-10,12-13H,11H2,(H,24,26)(H,29,30)/p-1. The Morgan fingerprint density at radius 3 is 2.30 bits per heavy atom. The second-order valence-corrected chi connectivity index (χ2v) is 6.75. The number of nitrogens with zero attached hydrogens (tertiary/aromatic N) is 1. The van der Waals surface area contributed by atoms with Gasteiger partial charge in [-0.1, -0.05) is 42.5 Å². The van der Waals surface area contributed by atoms with E-state index in [1.54, 1.807) is 18.2 Å². The topological polar surface area (TPSA) is 107 Å². The summed E-state index contributed by atoms with van der Waals surface area (Å²) in [6.45, 7) is 0. The Bertz CT molecular complexity index is 1190. The van der Waals surface area contributed by atoms with Crippen molar-refractivity contribution in [3.8, 4) is 0 Å². The number of anilines is 2. The molecule has 148 valence electrons. The van der Waals surface area contributed by atoms with Crippen molar-refractivity contribution in [3.05, 3.63) is 95.1 Å². The van der Waals surface area contributed by atoms with Gasteiger partial charge in [0.25, 0.3) is 11.8 Å². The third-order valence-electron chi connectivity index (χ3n) is 4.72. The molecule has 3 amide bonds. The van der Waals surface area contributed by atoms with Gasteiger partial charge in [0.15, 0.2) is 0 Å². The molecule has 0 fully saturated rings. The van der Waals surface area contributed by atoms with Gasteiger partial charge < -0.3 is 15.2 Å². The summed E-state index contributed by atoms with van der Waals surface area (Å²) in [5.41, 5.74) is 1.49. The van der Waals surface area contributed by atoms with Gasteiger partial charge in [0.05, 0.1) is 29.2 Å². The Hall–Kier alpha value is -4.26. The number of rotatable bonds is 5. The third-order valence-corrected chi connectivity index (χ3v) is 4.72. The molecule has 0 atom stereocenters. The summed E-state index contributed by atoms with van der Waals surface area (Å²) in [6, 6.07) is 19.2. The Kier molecular flexibility index (Phi) is 4.85. The first-order chi connectivity index (χ1) is 14.4. The second-order valence-electron chi connectivity index (χ2n) is 6.75. The summed E-state index contributed by atoms with van der Waals surface area (Å²) in [7, 11) is 0. The van der Waals surface area contributed by atoms with Gasteiger partial charge in [-0.25, -0.2) is 4.90 Å². The van der Waals surface area contributed by atoms with Crippen LogP contribution in [-0.4, -0.2) is 23.7 Å². The zero-order valence-electron chi connectivity index (χ0n) is 15.6. The average molecular weight is 399 g/mol. The minimum Gasteiger partial charge on any atom is -0.545 e. The molecule has 3 aromatic rings. The van der Waals surface area contributed by atoms with Gasteiger partial charge in [0, 0.05) is 5.69 Å². The van der Waals surface area contributed by atoms with E-state index in [1.807, 2.05) is 30.3 Å². The highest BCUT2D eigenvalue weighted by Gasteiger charge is 2.36. The molecule has 0 aromatic heterocycles. The van der Waals surface area contributed by atoms with Crippen LogP contribution in [-0.2, 0) is 11.2 Å². The summed E-state index contributed by atoms with van der Waals surface area (Å²) in [5.74, 6) is -2.86. The first-order valence-corrected chi connectivity index (χ1v) is 9.12. The number of aromatic carboxylic acids is 1. The second kappa shape index (κ2) is 7.63. The van der Waals surface area contributed by atoms with Crippen molar-refractivity contribution >= 4 is 35.1 Å². The van der Waals surface area contributed by atoms with Crippen molar-refractivity contribution < 1.29 is 24.3 Å². The molecule has 1 heterocycles. The Morgan fingerprint density at radius 1 is 0.833 bits per heavy atom. The van der Waals surface area contributed by atoms with Crippen LogP contribution in [0.25, 0.3) is 0 Å². The fourth-order valence-electron chi connectivity index (χ4n) is 3.31. The summed E-state index contributed by atoms with van der Waals surface area (Å²) >= 11 is 0. The molecule has 0 aliphatic carbocycles. The van der Waals surface area contributed by atoms with E-state index in [0.717, 1.165) is 16.5 Å². The van der Waals surface area contributed by atoms with Gasteiger partial charge in [-0.05, 0) is 41.5 Å². The normalized spacial score (nSPS) is 12.6. The molecule has 0 spiro atoms. The molecule has 0 unspecified atom stereocenters. The first kappa shape index (κ1) is 19.1. The lowest BCUT2D eigenvalue weighted by Crippen LogP contribution is -2.29. The molecule has 1 aliphatic rings. The maximum absolute atomic E-state index is 12.8. The number of amides is 3. The summed E-state index contributed by atoms with van der Waals surface area (Å²) in [5, 5.41) is 13.8. The average Bonchev–Trinajstić information content (AvgIpc) is 2.98. The van der Waals surface area contributed by atoms with Crippen LogP contribution in [0.15, 0.2) is 72.8 Å². The molecule has 7 nitrogen and oxygen atoms in total. The maximum Gasteiger partial charge on any atom is 0.266 e. The van der Waals surface area contributed by atoms with Crippen LogP contribution in [0.5, 0.6) is 0 Å². The third kappa shape index (κ3) is 3.56. The van der Waals surface area contributed by atoms with Crippen molar-refractivity contribution in [3.63, 3.8) is 0 Å². The van der Waals surface area contributed by atoms with Crippen molar-refractivity contribution in [2.75, 3.05) is 10.2 Å². The molecule has 3 aromatic carbocycles. The van der Waals surface area contributed by atoms with Crippen LogP contribution in [0.2, 0.25) is 0 Å². The fraction of sp³-hybridized carbons (Fsp3) is 0.0435. The van der Waals surface area contributed by atoms with Crippen LogP contribution < -0.4 is 15.3 Å². The maximum atomic E-state index is 12.8. The minimum atomic E-state index is -1.43. The predicted octanol–water partition coefficient (Wildman–Crippen LogP) is 2.03. The molecule has 0 radical (unpaired) electrons. The van der Waals surface area contributed by atoms with E-state index in [9.17, 15) is 24.3 Å². The lowest BCUT2D eigenvalue weighted by atomic mass is 10.1. The monoisotopic (exact) mass is 399 g/mol. The molecule has 7 heteroatoms. The number of carboxylic acids is 1. The zero-order chi connectivity index (χ0) is 21.3. The predicted molar refractivity (Wildman–Crippen MR) is 107 cm³/mol. The van der Waals surface area contributed by atoms with E-state index in [0.29, 0.717) is 5.69 Å². The zero-order valence-corrected chi connectivity index (χ0v) is 15.6. The first-order valence-electron chi connectivity index (χ1n) is 9.12. The molecule has 4 rings (SSSR count). The van der Waals surface area contributed by atoms with E-state index in [-0.39, 0.29) is 34.7 Å². The van der Waals surface area contributed by atoms with Crippen molar-refractivity contribution in [2.45, 2.75) is 6.42 Å². The van der Waals surface area contributed by atoms with E-state index >= 15 is 0 Å². The van der Waals surface area contributed by atoms with Crippen LogP contribution in [0.3, 0.4) is 0 Å². The molecular formula is C23H15N2O5-. The fourth-order valence-corrected chi connectivity index (χ4v) is 3.31. The van der Waals surface area contributed by atoms with Gasteiger partial charge in [0.1, 0.15) is 0 Å². The molecule has 0 bridgehead atoms. The molecule has 30 heavy (non-hydrogen) atoms. The highest BCUT2D eigenvalue weighted by atomic mass is 16.4. The van der Waals surface area contributed by atoms with Gasteiger partial charge in [-0.2, -0.15) is 0 Å². The number of nitrogens with one attached hydrogen (secondary N) is 1. The highest BCUT2D eigenvalue weighted by molar-refractivity contribution is 6.34. The lowest BCUT2D eigenvalue weighted by molar-refractivity contribution is -0.255. The largest absolute Gasteiger partial charge is 0.545 e. The van der Waals surface area contributed by atoms with Crippen molar-refractivity contribution in [1.82, 2.24) is 0 Å². The highest BCUT2D eigenvalue weighted by Crippen LogP contribution is 2.30. The number of carbonyl (C=O) groups excluding carboxylic acids is 4. The van der Waals surface area contributed by atoms with E-state index < -0.39 is 17.8 Å². The SMILES string of the molecule is O=C(Cc1ccccc1)Nc1cccc(N2C(=O)c3ccc(C(=O)[O-])cc3C2=O)c1. The van der Waals surface area contributed by atoms with Crippen molar-refractivity contribution in [1.29, 1.82) is 0 Å². The van der Waals surface area contributed by atoms with Gasteiger partial charge in [-0.3, -0.25) is 14.4 Å². The van der Waals surface area contributed by atoms with Gasteiger partial charge in [0.2, 0.25) is 5.91 Å². The van der Waals surface area contributed by atoms with Crippen LogP contribution in [0.1, 0.15) is 36.6 Å². The van der Waals surface area contributed by atoms with Gasteiger partial charge >= 0.3 is 0 Å². The number of carboxylic acid groups (broad SMARTS) is 1. The smallest absolute Gasteiger partial charge is 0.266 e. The van der Waals surface area contributed by atoms with Crippen LogP contribution in [0.4, 0.5) is 11.4 Å². The van der Waals surface area contributed by atoms with E-state index in [4.69, 9.17) is 0 Å². The Labute approximate surface area is 171 Å². The number of hydrogen-bond donors (Lipinski definition) is 1. The minimum absolute atomic E-state index is 0.000200. The van der Waals surface area contributed by atoms with Crippen LogP contribution >= 0.6 is 0 Å². The van der Waals surface area contributed by atoms with Gasteiger partial charge in [-0.15, -0.1) is 0 Å². The van der Waals surface area contributed by atoms with E-state index in [1.165, 1.54) is 18.2 Å². The molecule has 1 aliphatic heterocycles. The summed E-state index contributed by atoms with van der Waals surface area (Å²) < 4.78 is 0. The lowest BCUT2D eigenvalue weighted by Gasteiger charge is -2.15. The van der Waals surface area contributed by atoms with Crippen LogP contribution in [0, 0.1) is 0 Å². The quantitative estimate of drug-likeness (QED) is 0.661. The number of fused-ring (bicyclic) bond motifs is 1. The van der Waals surface area contributed by atoms with E-state index in [2.05, 4.69) is 5.32 Å². The Morgan fingerprint density at radius 2 is 1.57 bits per heavy atom. The summed E-state index contributed by atoms with van der Waals surface area (Å²) in [6.07, 6.45) is 0.185.